The van der Waals surface area contributed by atoms with Crippen molar-refractivity contribution in [1.82, 2.24) is 15.0 Å². The molecule has 1 fully saturated rings. The number of halogens is 3. The standard InChI is InChI=1S/C18H21F3N4O/c1-12-13(2)23-11-24-16(12)25-8-4-5-14(9-25)10-26-17-15(18(19,20)21)6-3-7-22-17/h3,6-7,11,14H,4-5,8-10H2,1-2H3. The van der Waals surface area contributed by atoms with Crippen LogP contribution in [-0.4, -0.2) is 34.6 Å². The predicted molar refractivity (Wildman–Crippen MR) is 91.2 cm³/mol. The Morgan fingerprint density at radius 2 is 2.04 bits per heavy atom. The Hall–Kier alpha value is -2.38. The summed E-state index contributed by atoms with van der Waals surface area (Å²) in [5, 5.41) is 0. The first kappa shape index (κ1) is 18.4. The van der Waals surface area contributed by atoms with Gasteiger partial charge in [0, 0.05) is 36.5 Å². The number of piperidine rings is 1. The molecule has 26 heavy (non-hydrogen) atoms. The van der Waals surface area contributed by atoms with E-state index in [1.807, 2.05) is 13.8 Å². The van der Waals surface area contributed by atoms with Gasteiger partial charge in [-0.1, -0.05) is 0 Å². The second kappa shape index (κ2) is 7.47. The third-order valence-corrected chi connectivity index (χ3v) is 4.66. The van der Waals surface area contributed by atoms with Crippen LogP contribution in [0.25, 0.3) is 0 Å². The fourth-order valence-electron chi connectivity index (χ4n) is 3.16. The summed E-state index contributed by atoms with van der Waals surface area (Å²) in [6.07, 6.45) is 0.211. The molecular formula is C18H21F3N4O. The number of hydrogen-bond donors (Lipinski definition) is 0. The summed E-state index contributed by atoms with van der Waals surface area (Å²) in [6.45, 7) is 5.66. The summed E-state index contributed by atoms with van der Waals surface area (Å²) in [4.78, 5) is 14.5. The molecule has 1 saturated heterocycles. The van der Waals surface area contributed by atoms with Gasteiger partial charge in [-0.05, 0) is 38.8 Å². The molecule has 1 unspecified atom stereocenters. The fraction of sp³-hybridized carbons (Fsp3) is 0.500. The highest BCUT2D eigenvalue weighted by atomic mass is 19.4. The predicted octanol–water partition coefficient (Wildman–Crippen LogP) is 3.80. The molecule has 3 heterocycles. The van der Waals surface area contributed by atoms with Crippen molar-refractivity contribution in [2.75, 3.05) is 24.6 Å². The SMILES string of the molecule is Cc1ncnc(N2CCCC(COc3ncccc3C(F)(F)F)C2)c1C. The average molecular weight is 366 g/mol. The molecule has 3 rings (SSSR count). The van der Waals surface area contributed by atoms with Gasteiger partial charge in [-0.15, -0.1) is 0 Å². The number of hydrogen-bond acceptors (Lipinski definition) is 5. The van der Waals surface area contributed by atoms with Crippen LogP contribution in [-0.2, 0) is 6.18 Å². The van der Waals surface area contributed by atoms with Crippen molar-refractivity contribution in [3.05, 3.63) is 41.5 Å². The van der Waals surface area contributed by atoms with Gasteiger partial charge in [-0.2, -0.15) is 13.2 Å². The van der Waals surface area contributed by atoms with Crippen molar-refractivity contribution in [1.29, 1.82) is 0 Å². The fourth-order valence-corrected chi connectivity index (χ4v) is 3.16. The van der Waals surface area contributed by atoms with Crippen LogP contribution >= 0.6 is 0 Å². The third kappa shape index (κ3) is 4.05. The molecule has 0 bridgehead atoms. The van der Waals surface area contributed by atoms with E-state index in [4.69, 9.17) is 4.74 Å². The second-order valence-electron chi connectivity index (χ2n) is 6.53. The second-order valence-corrected chi connectivity index (χ2v) is 6.53. The zero-order valence-electron chi connectivity index (χ0n) is 14.8. The number of aromatic nitrogens is 3. The minimum atomic E-state index is -4.47. The van der Waals surface area contributed by atoms with E-state index in [2.05, 4.69) is 19.9 Å². The molecule has 0 aliphatic carbocycles. The van der Waals surface area contributed by atoms with E-state index in [0.29, 0.717) is 6.54 Å². The maximum atomic E-state index is 13.0. The van der Waals surface area contributed by atoms with Gasteiger partial charge in [0.2, 0.25) is 5.88 Å². The van der Waals surface area contributed by atoms with Gasteiger partial charge in [-0.3, -0.25) is 0 Å². The first-order chi connectivity index (χ1) is 12.4. The molecule has 1 aliphatic heterocycles. The normalized spacial score (nSPS) is 18.0. The summed E-state index contributed by atoms with van der Waals surface area (Å²) in [6, 6.07) is 2.25. The Morgan fingerprint density at radius 3 is 2.81 bits per heavy atom. The lowest BCUT2D eigenvalue weighted by Crippen LogP contribution is -2.38. The van der Waals surface area contributed by atoms with Crippen molar-refractivity contribution < 1.29 is 17.9 Å². The Kier molecular flexibility index (Phi) is 5.29. The largest absolute Gasteiger partial charge is 0.477 e. The Balaban J connectivity index is 1.68. The molecule has 0 aromatic carbocycles. The van der Waals surface area contributed by atoms with Crippen LogP contribution in [0.15, 0.2) is 24.7 Å². The van der Waals surface area contributed by atoms with Gasteiger partial charge >= 0.3 is 6.18 Å². The van der Waals surface area contributed by atoms with Gasteiger partial charge in [0.15, 0.2) is 0 Å². The molecule has 0 amide bonds. The molecule has 140 valence electrons. The summed E-state index contributed by atoms with van der Waals surface area (Å²) in [5.74, 6) is 0.642. The molecule has 2 aromatic heterocycles. The lowest BCUT2D eigenvalue weighted by atomic mass is 9.98. The first-order valence-electron chi connectivity index (χ1n) is 8.54. The molecule has 8 heteroatoms. The van der Waals surface area contributed by atoms with Crippen LogP contribution < -0.4 is 9.64 Å². The Morgan fingerprint density at radius 1 is 1.23 bits per heavy atom. The highest BCUT2D eigenvalue weighted by Crippen LogP contribution is 2.35. The highest BCUT2D eigenvalue weighted by Gasteiger charge is 2.35. The number of aryl methyl sites for hydroxylation is 1. The number of anilines is 1. The van der Waals surface area contributed by atoms with E-state index in [9.17, 15) is 13.2 Å². The molecule has 2 aromatic rings. The van der Waals surface area contributed by atoms with E-state index in [1.54, 1.807) is 6.33 Å². The van der Waals surface area contributed by atoms with Crippen molar-refractivity contribution >= 4 is 5.82 Å². The molecular weight excluding hydrogens is 345 g/mol. The summed E-state index contributed by atoms with van der Waals surface area (Å²) in [7, 11) is 0. The number of alkyl halides is 3. The molecule has 0 spiro atoms. The van der Waals surface area contributed by atoms with Crippen molar-refractivity contribution in [2.24, 2.45) is 5.92 Å². The quantitative estimate of drug-likeness (QED) is 0.824. The van der Waals surface area contributed by atoms with Gasteiger partial charge in [-0.25, -0.2) is 15.0 Å². The first-order valence-corrected chi connectivity index (χ1v) is 8.54. The maximum Gasteiger partial charge on any atom is 0.421 e. The van der Waals surface area contributed by atoms with Gasteiger partial charge in [0.05, 0.1) is 6.61 Å². The van der Waals surface area contributed by atoms with E-state index in [0.717, 1.165) is 42.5 Å². The van der Waals surface area contributed by atoms with Crippen LogP contribution in [0.2, 0.25) is 0 Å². The van der Waals surface area contributed by atoms with Crippen molar-refractivity contribution in [2.45, 2.75) is 32.9 Å². The van der Waals surface area contributed by atoms with Crippen LogP contribution in [0.5, 0.6) is 5.88 Å². The minimum absolute atomic E-state index is 0.113. The maximum absolute atomic E-state index is 13.0. The van der Waals surface area contributed by atoms with E-state index in [-0.39, 0.29) is 18.4 Å². The molecule has 0 saturated carbocycles. The number of rotatable bonds is 4. The molecule has 1 aliphatic rings. The molecule has 0 N–H and O–H groups in total. The van der Waals surface area contributed by atoms with Crippen LogP contribution in [0.3, 0.4) is 0 Å². The van der Waals surface area contributed by atoms with Crippen LogP contribution in [0.1, 0.15) is 29.7 Å². The highest BCUT2D eigenvalue weighted by molar-refractivity contribution is 5.47. The lowest BCUT2D eigenvalue weighted by Gasteiger charge is -2.34. The Labute approximate surface area is 150 Å². The molecule has 1 atom stereocenters. The van der Waals surface area contributed by atoms with Crippen LogP contribution in [0.4, 0.5) is 19.0 Å². The van der Waals surface area contributed by atoms with E-state index >= 15 is 0 Å². The topological polar surface area (TPSA) is 51.1 Å². The van der Waals surface area contributed by atoms with Crippen LogP contribution in [0, 0.1) is 19.8 Å². The molecule has 0 radical (unpaired) electrons. The number of pyridine rings is 1. The summed E-state index contributed by atoms with van der Waals surface area (Å²) in [5.41, 5.74) is 1.12. The van der Waals surface area contributed by atoms with Gasteiger partial charge in [0.1, 0.15) is 17.7 Å². The minimum Gasteiger partial charge on any atom is -0.477 e. The Bertz CT molecular complexity index is 766. The summed E-state index contributed by atoms with van der Waals surface area (Å²) >= 11 is 0. The third-order valence-electron chi connectivity index (χ3n) is 4.66. The van der Waals surface area contributed by atoms with E-state index in [1.165, 1.54) is 12.3 Å². The smallest absolute Gasteiger partial charge is 0.421 e. The van der Waals surface area contributed by atoms with E-state index < -0.39 is 11.7 Å². The van der Waals surface area contributed by atoms with Gasteiger partial charge in [0.25, 0.3) is 0 Å². The summed E-state index contributed by atoms with van der Waals surface area (Å²) < 4.78 is 44.6. The zero-order chi connectivity index (χ0) is 18.7. The monoisotopic (exact) mass is 366 g/mol. The lowest BCUT2D eigenvalue weighted by molar-refractivity contribution is -0.139. The van der Waals surface area contributed by atoms with Crippen molar-refractivity contribution in [3.63, 3.8) is 0 Å². The van der Waals surface area contributed by atoms with Crippen molar-refractivity contribution in [3.8, 4) is 5.88 Å². The number of nitrogens with zero attached hydrogens (tertiary/aromatic N) is 4. The molecule has 5 nitrogen and oxygen atoms in total. The zero-order valence-corrected chi connectivity index (χ0v) is 14.8. The average Bonchev–Trinajstić information content (AvgIpc) is 2.62. The van der Waals surface area contributed by atoms with Gasteiger partial charge < -0.3 is 9.64 Å². The number of ether oxygens (including phenoxy) is 1.